The van der Waals surface area contributed by atoms with E-state index < -0.39 is 5.95 Å². The molecule has 0 atom stereocenters. The van der Waals surface area contributed by atoms with Gasteiger partial charge < -0.3 is 5.32 Å². The lowest BCUT2D eigenvalue weighted by atomic mass is 10.00. The Hall–Kier alpha value is -1.90. The SMILES string of the molecule is Cc1cc(C)c(CNc2ccnc(F)c2)c(C)c1. The molecule has 0 fully saturated rings. The largest absolute Gasteiger partial charge is 0.381 e. The minimum Gasteiger partial charge on any atom is -0.381 e. The number of nitrogens with one attached hydrogen (secondary N) is 1. The van der Waals surface area contributed by atoms with E-state index in [1.807, 2.05) is 0 Å². The summed E-state index contributed by atoms with van der Waals surface area (Å²) < 4.78 is 13.0. The van der Waals surface area contributed by atoms with E-state index in [2.05, 4.69) is 43.2 Å². The maximum Gasteiger partial charge on any atom is 0.214 e. The maximum absolute atomic E-state index is 13.0. The molecule has 0 aliphatic carbocycles. The molecule has 0 saturated carbocycles. The fourth-order valence-corrected chi connectivity index (χ4v) is 2.19. The minimum atomic E-state index is -0.461. The molecule has 2 aromatic rings. The highest BCUT2D eigenvalue weighted by atomic mass is 19.1. The molecule has 1 N–H and O–H groups in total. The molecule has 0 amide bonds. The fourth-order valence-electron chi connectivity index (χ4n) is 2.19. The Morgan fingerprint density at radius 1 is 1.11 bits per heavy atom. The zero-order valence-electron chi connectivity index (χ0n) is 10.9. The van der Waals surface area contributed by atoms with Crippen LogP contribution in [0.2, 0.25) is 0 Å². The number of pyridine rings is 1. The second-order valence-corrected chi connectivity index (χ2v) is 4.60. The summed E-state index contributed by atoms with van der Waals surface area (Å²) in [6.07, 6.45) is 1.46. The van der Waals surface area contributed by atoms with E-state index in [0.29, 0.717) is 6.54 Å². The van der Waals surface area contributed by atoms with Crippen LogP contribution in [-0.4, -0.2) is 4.98 Å². The van der Waals surface area contributed by atoms with Crippen LogP contribution in [0.3, 0.4) is 0 Å². The number of anilines is 1. The number of rotatable bonds is 3. The van der Waals surface area contributed by atoms with Crippen molar-refractivity contribution in [2.75, 3.05) is 5.32 Å². The Kier molecular flexibility index (Phi) is 3.60. The molecular weight excluding hydrogens is 227 g/mol. The van der Waals surface area contributed by atoms with Gasteiger partial charge in [0.25, 0.3) is 0 Å². The molecule has 0 radical (unpaired) electrons. The van der Waals surface area contributed by atoms with Gasteiger partial charge in [-0.1, -0.05) is 17.7 Å². The van der Waals surface area contributed by atoms with Crippen LogP contribution in [0, 0.1) is 26.7 Å². The van der Waals surface area contributed by atoms with Crippen LogP contribution in [0.4, 0.5) is 10.1 Å². The number of benzene rings is 1. The highest BCUT2D eigenvalue weighted by Crippen LogP contribution is 2.18. The van der Waals surface area contributed by atoms with Gasteiger partial charge in [0, 0.05) is 24.5 Å². The van der Waals surface area contributed by atoms with Gasteiger partial charge >= 0.3 is 0 Å². The van der Waals surface area contributed by atoms with Crippen molar-refractivity contribution in [3.05, 3.63) is 58.7 Å². The first kappa shape index (κ1) is 12.6. The smallest absolute Gasteiger partial charge is 0.214 e. The molecule has 2 nitrogen and oxygen atoms in total. The van der Waals surface area contributed by atoms with Gasteiger partial charge in [-0.2, -0.15) is 4.39 Å². The van der Waals surface area contributed by atoms with Crippen LogP contribution >= 0.6 is 0 Å². The molecule has 3 heteroatoms. The van der Waals surface area contributed by atoms with Gasteiger partial charge in [-0.3, -0.25) is 0 Å². The van der Waals surface area contributed by atoms with Crippen LogP contribution in [0.1, 0.15) is 22.3 Å². The Morgan fingerprint density at radius 3 is 2.39 bits per heavy atom. The molecule has 18 heavy (non-hydrogen) atoms. The second-order valence-electron chi connectivity index (χ2n) is 4.60. The summed E-state index contributed by atoms with van der Waals surface area (Å²) in [5.41, 5.74) is 5.80. The summed E-state index contributed by atoms with van der Waals surface area (Å²) in [5, 5.41) is 3.22. The molecule has 0 bridgehead atoms. The molecule has 0 aliphatic heterocycles. The summed E-state index contributed by atoms with van der Waals surface area (Å²) in [6.45, 7) is 6.99. The highest BCUT2D eigenvalue weighted by molar-refractivity contribution is 5.45. The van der Waals surface area contributed by atoms with Gasteiger partial charge in [0.1, 0.15) is 0 Å². The van der Waals surface area contributed by atoms with Crippen LogP contribution in [-0.2, 0) is 6.54 Å². The predicted octanol–water partition coefficient (Wildman–Crippen LogP) is 3.76. The second kappa shape index (κ2) is 5.17. The number of hydrogen-bond donors (Lipinski definition) is 1. The highest BCUT2D eigenvalue weighted by Gasteiger charge is 2.04. The van der Waals surface area contributed by atoms with Gasteiger partial charge in [-0.25, -0.2) is 4.98 Å². The van der Waals surface area contributed by atoms with Gasteiger partial charge in [-0.15, -0.1) is 0 Å². The van der Waals surface area contributed by atoms with Gasteiger partial charge in [0.05, 0.1) is 0 Å². The minimum absolute atomic E-state index is 0.461. The van der Waals surface area contributed by atoms with Crippen molar-refractivity contribution in [1.29, 1.82) is 0 Å². The Morgan fingerprint density at radius 2 is 1.78 bits per heavy atom. The molecule has 0 aliphatic rings. The van der Waals surface area contributed by atoms with E-state index in [9.17, 15) is 4.39 Å². The average molecular weight is 244 g/mol. The van der Waals surface area contributed by atoms with Crippen molar-refractivity contribution >= 4 is 5.69 Å². The lowest BCUT2D eigenvalue weighted by Gasteiger charge is -2.13. The molecule has 94 valence electrons. The molecule has 0 unspecified atom stereocenters. The maximum atomic E-state index is 13.0. The van der Waals surface area contributed by atoms with Crippen LogP contribution in [0.25, 0.3) is 0 Å². The van der Waals surface area contributed by atoms with Crippen molar-refractivity contribution in [1.82, 2.24) is 4.98 Å². The standard InChI is InChI=1S/C15H17FN2/c1-10-6-11(2)14(12(3)7-10)9-18-13-4-5-17-15(16)8-13/h4-8H,9H2,1-3H3,(H,17,18). The van der Waals surface area contributed by atoms with Crippen molar-refractivity contribution < 1.29 is 4.39 Å². The number of nitrogens with zero attached hydrogens (tertiary/aromatic N) is 1. The predicted molar refractivity (Wildman–Crippen MR) is 72.2 cm³/mol. The third kappa shape index (κ3) is 2.86. The van der Waals surface area contributed by atoms with E-state index in [0.717, 1.165) is 5.69 Å². The molecular formula is C15H17FN2. The third-order valence-electron chi connectivity index (χ3n) is 3.04. The van der Waals surface area contributed by atoms with E-state index in [1.165, 1.54) is 34.5 Å². The van der Waals surface area contributed by atoms with Crippen molar-refractivity contribution in [3.63, 3.8) is 0 Å². The molecule has 2 rings (SSSR count). The molecule has 0 spiro atoms. The average Bonchev–Trinajstić information content (AvgIpc) is 2.27. The lowest BCUT2D eigenvalue weighted by molar-refractivity contribution is 0.584. The van der Waals surface area contributed by atoms with Gasteiger partial charge in [-0.05, 0) is 43.5 Å². The van der Waals surface area contributed by atoms with Crippen LogP contribution in [0.15, 0.2) is 30.5 Å². The number of aryl methyl sites for hydroxylation is 3. The molecule has 1 aromatic carbocycles. The zero-order chi connectivity index (χ0) is 13.1. The van der Waals surface area contributed by atoms with Crippen molar-refractivity contribution in [2.24, 2.45) is 0 Å². The first-order chi connectivity index (χ1) is 8.56. The molecule has 1 aromatic heterocycles. The van der Waals surface area contributed by atoms with E-state index in [4.69, 9.17) is 0 Å². The van der Waals surface area contributed by atoms with Gasteiger partial charge in [0.15, 0.2) is 0 Å². The number of hydrogen-bond acceptors (Lipinski definition) is 2. The Bertz CT molecular complexity index is 541. The molecule has 0 saturated heterocycles. The first-order valence-corrected chi connectivity index (χ1v) is 5.98. The monoisotopic (exact) mass is 244 g/mol. The van der Waals surface area contributed by atoms with Crippen LogP contribution < -0.4 is 5.32 Å². The quantitative estimate of drug-likeness (QED) is 0.831. The van der Waals surface area contributed by atoms with Crippen molar-refractivity contribution in [3.8, 4) is 0 Å². The third-order valence-corrected chi connectivity index (χ3v) is 3.04. The Labute approximate surface area is 107 Å². The van der Waals surface area contributed by atoms with Crippen molar-refractivity contribution in [2.45, 2.75) is 27.3 Å². The first-order valence-electron chi connectivity index (χ1n) is 5.98. The summed E-state index contributed by atoms with van der Waals surface area (Å²) >= 11 is 0. The molecule has 1 heterocycles. The van der Waals surface area contributed by atoms with E-state index in [1.54, 1.807) is 6.07 Å². The normalized spacial score (nSPS) is 10.4. The zero-order valence-corrected chi connectivity index (χ0v) is 10.9. The fraction of sp³-hybridized carbons (Fsp3) is 0.267. The van der Waals surface area contributed by atoms with Gasteiger partial charge in [0.2, 0.25) is 5.95 Å². The Balaban J connectivity index is 2.16. The summed E-state index contributed by atoms with van der Waals surface area (Å²) in [5.74, 6) is -0.461. The lowest BCUT2D eigenvalue weighted by Crippen LogP contribution is -2.04. The number of halogens is 1. The summed E-state index contributed by atoms with van der Waals surface area (Å²) in [6, 6.07) is 7.50. The van der Waals surface area contributed by atoms with E-state index in [-0.39, 0.29) is 0 Å². The summed E-state index contributed by atoms with van der Waals surface area (Å²) in [4.78, 5) is 3.53. The summed E-state index contributed by atoms with van der Waals surface area (Å²) in [7, 11) is 0. The topological polar surface area (TPSA) is 24.9 Å². The van der Waals surface area contributed by atoms with E-state index >= 15 is 0 Å². The van der Waals surface area contributed by atoms with Crippen LogP contribution in [0.5, 0.6) is 0 Å². The number of aromatic nitrogens is 1.